The van der Waals surface area contributed by atoms with Crippen molar-refractivity contribution in [3.8, 4) is 0 Å². The highest BCUT2D eigenvalue weighted by Gasteiger charge is 2.33. The Morgan fingerprint density at radius 2 is 2.04 bits per heavy atom. The molecule has 1 aromatic carbocycles. The van der Waals surface area contributed by atoms with Gasteiger partial charge in [-0.15, -0.1) is 6.58 Å². The summed E-state index contributed by atoms with van der Waals surface area (Å²) in [5.74, 6) is -0.318. The van der Waals surface area contributed by atoms with Crippen LogP contribution in [-0.2, 0) is 16.1 Å². The quantitative estimate of drug-likeness (QED) is 0.816. The van der Waals surface area contributed by atoms with Crippen LogP contribution in [0, 0.1) is 5.92 Å². The largest absolute Gasteiger partial charge is 0.338 e. The molecule has 2 saturated heterocycles. The molecule has 2 aliphatic heterocycles. The molecule has 1 atom stereocenters. The first-order chi connectivity index (χ1) is 11.7. The van der Waals surface area contributed by atoms with E-state index >= 15 is 0 Å². The van der Waals surface area contributed by atoms with E-state index in [2.05, 4.69) is 22.9 Å². The van der Waals surface area contributed by atoms with Gasteiger partial charge in [-0.2, -0.15) is 0 Å². The zero-order chi connectivity index (χ0) is 16.9. The lowest BCUT2D eigenvalue weighted by molar-refractivity contribution is -0.127. The lowest BCUT2D eigenvalue weighted by atomic mass is 10.1. The normalized spacial score (nSPS) is 21.2. The van der Waals surface area contributed by atoms with Crippen molar-refractivity contribution in [3.05, 3.63) is 42.5 Å². The molecular weight excluding hydrogens is 302 g/mol. The Hall–Kier alpha value is -2.14. The summed E-state index contributed by atoms with van der Waals surface area (Å²) in [6.45, 7) is 7.75. The lowest BCUT2D eigenvalue weighted by Gasteiger charge is -2.19. The standard InChI is InChI=1S/C19H25N3O2/c1-2-9-22-14-16(12-18(22)23)19(24)20-17-8-4-3-7-15(17)13-21-10-5-6-11-21/h2-4,7-8,16H,1,5-6,9-14H2,(H,20,24). The second kappa shape index (κ2) is 7.62. The van der Waals surface area contributed by atoms with Gasteiger partial charge in [-0.25, -0.2) is 0 Å². The van der Waals surface area contributed by atoms with Crippen LogP contribution in [0.2, 0.25) is 0 Å². The number of hydrogen-bond donors (Lipinski definition) is 1. The molecule has 2 aliphatic rings. The third kappa shape index (κ3) is 3.85. The number of carbonyl (C=O) groups excluding carboxylic acids is 2. The summed E-state index contributed by atoms with van der Waals surface area (Å²) in [7, 11) is 0. The van der Waals surface area contributed by atoms with Gasteiger partial charge >= 0.3 is 0 Å². The van der Waals surface area contributed by atoms with Crippen molar-refractivity contribution in [3.63, 3.8) is 0 Å². The molecule has 2 amide bonds. The molecule has 0 saturated carbocycles. The summed E-state index contributed by atoms with van der Waals surface area (Å²) in [6.07, 6.45) is 4.48. The number of nitrogens with one attached hydrogen (secondary N) is 1. The first-order valence-electron chi connectivity index (χ1n) is 8.67. The average molecular weight is 327 g/mol. The predicted octanol–water partition coefficient (Wildman–Crippen LogP) is 2.26. The minimum absolute atomic E-state index is 0.0281. The van der Waals surface area contributed by atoms with Gasteiger partial charge in [0.15, 0.2) is 0 Å². The van der Waals surface area contributed by atoms with Gasteiger partial charge in [-0.3, -0.25) is 14.5 Å². The van der Waals surface area contributed by atoms with Gasteiger partial charge in [0.05, 0.1) is 5.92 Å². The highest BCUT2D eigenvalue weighted by molar-refractivity contribution is 5.97. The van der Waals surface area contributed by atoms with Gasteiger partial charge < -0.3 is 10.2 Å². The smallest absolute Gasteiger partial charge is 0.229 e. The van der Waals surface area contributed by atoms with Crippen molar-refractivity contribution < 1.29 is 9.59 Å². The van der Waals surface area contributed by atoms with Crippen LogP contribution in [0.5, 0.6) is 0 Å². The maximum atomic E-state index is 12.6. The van der Waals surface area contributed by atoms with Crippen molar-refractivity contribution in [2.45, 2.75) is 25.8 Å². The number of likely N-dealkylation sites (tertiary alicyclic amines) is 2. The predicted molar refractivity (Wildman–Crippen MR) is 94.5 cm³/mol. The molecule has 5 heteroatoms. The zero-order valence-corrected chi connectivity index (χ0v) is 14.0. The molecule has 1 aromatic rings. The number of hydrogen-bond acceptors (Lipinski definition) is 3. The Morgan fingerprint density at radius 3 is 2.79 bits per heavy atom. The number of benzene rings is 1. The molecule has 1 N–H and O–H groups in total. The SMILES string of the molecule is C=CCN1CC(C(=O)Nc2ccccc2CN2CCCC2)CC1=O. The Morgan fingerprint density at radius 1 is 1.29 bits per heavy atom. The summed E-state index contributed by atoms with van der Waals surface area (Å²) in [6, 6.07) is 7.96. The second-order valence-electron chi connectivity index (χ2n) is 6.62. The summed E-state index contributed by atoms with van der Waals surface area (Å²) in [4.78, 5) is 28.6. The van der Waals surface area contributed by atoms with E-state index in [-0.39, 0.29) is 24.2 Å². The molecule has 0 spiro atoms. The van der Waals surface area contributed by atoms with Crippen LogP contribution >= 0.6 is 0 Å². The van der Waals surface area contributed by atoms with Crippen molar-refractivity contribution >= 4 is 17.5 Å². The van der Waals surface area contributed by atoms with E-state index in [9.17, 15) is 9.59 Å². The van der Waals surface area contributed by atoms with E-state index in [1.165, 1.54) is 12.8 Å². The van der Waals surface area contributed by atoms with E-state index in [1.54, 1.807) is 11.0 Å². The van der Waals surface area contributed by atoms with Crippen molar-refractivity contribution in [2.75, 3.05) is 31.5 Å². The van der Waals surface area contributed by atoms with Gasteiger partial charge in [0, 0.05) is 31.7 Å². The number of amides is 2. The van der Waals surface area contributed by atoms with Gasteiger partial charge in [-0.05, 0) is 37.6 Å². The molecule has 5 nitrogen and oxygen atoms in total. The number of anilines is 1. The third-order valence-electron chi connectivity index (χ3n) is 4.80. The minimum atomic E-state index is -0.280. The van der Waals surface area contributed by atoms with E-state index in [0.29, 0.717) is 13.1 Å². The first-order valence-corrected chi connectivity index (χ1v) is 8.67. The number of rotatable bonds is 6. The van der Waals surface area contributed by atoms with E-state index in [0.717, 1.165) is 30.9 Å². The van der Waals surface area contributed by atoms with Gasteiger partial charge in [0.2, 0.25) is 11.8 Å². The monoisotopic (exact) mass is 327 g/mol. The maximum Gasteiger partial charge on any atom is 0.229 e. The molecule has 0 bridgehead atoms. The van der Waals surface area contributed by atoms with Crippen LogP contribution in [0.3, 0.4) is 0 Å². The minimum Gasteiger partial charge on any atom is -0.338 e. The van der Waals surface area contributed by atoms with Crippen LogP contribution in [0.4, 0.5) is 5.69 Å². The van der Waals surface area contributed by atoms with E-state index in [1.807, 2.05) is 18.2 Å². The second-order valence-corrected chi connectivity index (χ2v) is 6.62. The number of para-hydroxylation sites is 1. The fraction of sp³-hybridized carbons (Fsp3) is 0.474. The van der Waals surface area contributed by atoms with Crippen LogP contribution in [0.25, 0.3) is 0 Å². The summed E-state index contributed by atoms with van der Waals surface area (Å²) in [5, 5.41) is 3.04. The molecule has 3 rings (SSSR count). The van der Waals surface area contributed by atoms with Gasteiger partial charge in [0.1, 0.15) is 0 Å². The Kier molecular flexibility index (Phi) is 5.30. The summed E-state index contributed by atoms with van der Waals surface area (Å²) >= 11 is 0. The first kappa shape index (κ1) is 16.7. The summed E-state index contributed by atoms with van der Waals surface area (Å²) < 4.78 is 0. The fourth-order valence-electron chi connectivity index (χ4n) is 3.48. The topological polar surface area (TPSA) is 52.7 Å². The maximum absolute atomic E-state index is 12.6. The molecule has 0 aliphatic carbocycles. The molecule has 2 fully saturated rings. The number of carbonyl (C=O) groups is 2. The summed E-state index contributed by atoms with van der Waals surface area (Å²) in [5.41, 5.74) is 2.00. The Labute approximate surface area is 143 Å². The van der Waals surface area contributed by atoms with E-state index in [4.69, 9.17) is 0 Å². The highest BCUT2D eigenvalue weighted by atomic mass is 16.2. The van der Waals surface area contributed by atoms with Crippen LogP contribution in [-0.4, -0.2) is 47.8 Å². The van der Waals surface area contributed by atoms with Crippen molar-refractivity contribution in [2.24, 2.45) is 5.92 Å². The molecule has 24 heavy (non-hydrogen) atoms. The van der Waals surface area contributed by atoms with Gasteiger partial charge in [-0.1, -0.05) is 24.3 Å². The Balaban J connectivity index is 1.64. The lowest BCUT2D eigenvalue weighted by Crippen LogP contribution is -2.28. The Bertz CT molecular complexity index is 623. The van der Waals surface area contributed by atoms with Crippen LogP contribution in [0.1, 0.15) is 24.8 Å². The van der Waals surface area contributed by atoms with Crippen molar-refractivity contribution in [1.82, 2.24) is 9.80 Å². The fourth-order valence-corrected chi connectivity index (χ4v) is 3.48. The molecule has 0 aromatic heterocycles. The third-order valence-corrected chi connectivity index (χ3v) is 4.80. The van der Waals surface area contributed by atoms with Crippen molar-refractivity contribution in [1.29, 1.82) is 0 Å². The molecule has 1 unspecified atom stereocenters. The molecule has 2 heterocycles. The molecule has 128 valence electrons. The molecule has 0 radical (unpaired) electrons. The average Bonchev–Trinajstić information content (AvgIpc) is 3.20. The van der Waals surface area contributed by atoms with E-state index < -0.39 is 0 Å². The van der Waals surface area contributed by atoms with Crippen LogP contribution < -0.4 is 5.32 Å². The van der Waals surface area contributed by atoms with Gasteiger partial charge in [0.25, 0.3) is 0 Å². The highest BCUT2D eigenvalue weighted by Crippen LogP contribution is 2.23. The zero-order valence-electron chi connectivity index (χ0n) is 14.0. The molecular formula is C19H25N3O2. The number of nitrogens with zero attached hydrogens (tertiary/aromatic N) is 2. The van der Waals surface area contributed by atoms with Crippen LogP contribution in [0.15, 0.2) is 36.9 Å².